The molecule has 0 spiro atoms. The van der Waals surface area contributed by atoms with E-state index < -0.39 is 0 Å². The number of carbonyl (C=O) groups is 1. The molecule has 0 radical (unpaired) electrons. The molecule has 1 aliphatic heterocycles. The molecule has 1 saturated heterocycles. The summed E-state index contributed by atoms with van der Waals surface area (Å²) in [5.41, 5.74) is 4.56. The van der Waals surface area contributed by atoms with Crippen LogP contribution in [0.25, 0.3) is 17.0 Å². The minimum absolute atomic E-state index is 0.00218. The Morgan fingerprint density at radius 2 is 1.87 bits per heavy atom. The molecule has 2 aromatic carbocycles. The third-order valence-electron chi connectivity index (χ3n) is 5.40. The Bertz CT molecular complexity index is 1200. The summed E-state index contributed by atoms with van der Waals surface area (Å²) in [4.78, 5) is 15.4. The van der Waals surface area contributed by atoms with Crippen molar-refractivity contribution in [3.8, 4) is 0 Å². The number of thioether (sulfide) groups is 1. The fourth-order valence-electron chi connectivity index (χ4n) is 3.96. The number of fused-ring (bicyclic) bond motifs is 1. The van der Waals surface area contributed by atoms with Gasteiger partial charge in [-0.15, -0.1) is 0 Å². The molecule has 2 heterocycles. The molecular weight excluding hydrogens is 444 g/mol. The Balaban J connectivity index is 1.79. The van der Waals surface area contributed by atoms with Crippen molar-refractivity contribution in [3.63, 3.8) is 0 Å². The van der Waals surface area contributed by atoms with Crippen LogP contribution < -0.4 is 0 Å². The number of hydrogen-bond acceptors (Lipinski definition) is 3. The molecule has 0 unspecified atom stereocenters. The smallest absolute Gasteiger partial charge is 0.266 e. The van der Waals surface area contributed by atoms with Gasteiger partial charge in [0.2, 0.25) is 0 Å². The third-order valence-corrected chi connectivity index (χ3v) is 7.15. The Hall–Kier alpha value is -2.08. The normalized spacial score (nSPS) is 15.8. The number of rotatable bonds is 6. The molecule has 1 aliphatic rings. The number of nitrogens with zero attached hydrogens (tertiary/aromatic N) is 2. The number of thiocarbonyl (C=S) groups is 1. The van der Waals surface area contributed by atoms with Crippen molar-refractivity contribution in [2.24, 2.45) is 5.92 Å². The SMILES string of the molecule is CCc1cccc2c(/C=C3\SC(=S)N(CC(C)C)C3=O)cn(Cc3ccccc3Cl)c12. The Labute approximate surface area is 198 Å². The maximum absolute atomic E-state index is 13.0. The lowest BCUT2D eigenvalue weighted by molar-refractivity contribution is -0.122. The van der Waals surface area contributed by atoms with Crippen LogP contribution in [-0.4, -0.2) is 26.2 Å². The number of amides is 1. The number of benzene rings is 2. The van der Waals surface area contributed by atoms with Crippen LogP contribution in [-0.2, 0) is 17.8 Å². The molecule has 0 atom stereocenters. The predicted molar refractivity (Wildman–Crippen MR) is 137 cm³/mol. The highest BCUT2D eigenvalue weighted by atomic mass is 35.5. The van der Waals surface area contributed by atoms with Crippen molar-refractivity contribution in [1.82, 2.24) is 9.47 Å². The van der Waals surface area contributed by atoms with Crippen LogP contribution in [0.3, 0.4) is 0 Å². The highest BCUT2D eigenvalue weighted by molar-refractivity contribution is 8.26. The molecule has 0 saturated carbocycles. The number of carbonyl (C=O) groups excluding carboxylic acids is 1. The molecule has 0 bridgehead atoms. The van der Waals surface area contributed by atoms with E-state index in [0.29, 0.717) is 28.2 Å². The lowest BCUT2D eigenvalue weighted by Crippen LogP contribution is -2.31. The predicted octanol–water partition coefficient (Wildman–Crippen LogP) is 6.76. The summed E-state index contributed by atoms with van der Waals surface area (Å²) in [5, 5.41) is 1.90. The number of aryl methyl sites for hydroxylation is 1. The maximum atomic E-state index is 13.0. The summed E-state index contributed by atoms with van der Waals surface area (Å²) in [6, 6.07) is 14.3. The van der Waals surface area contributed by atoms with E-state index in [1.165, 1.54) is 22.8 Å². The van der Waals surface area contributed by atoms with Gasteiger partial charge in [0.05, 0.1) is 10.4 Å². The zero-order valence-corrected chi connectivity index (χ0v) is 20.3. The quantitative estimate of drug-likeness (QED) is 0.295. The molecule has 31 heavy (non-hydrogen) atoms. The van der Waals surface area contributed by atoms with Crippen molar-refractivity contribution in [2.45, 2.75) is 33.7 Å². The summed E-state index contributed by atoms with van der Waals surface area (Å²) >= 11 is 13.3. The van der Waals surface area contributed by atoms with Gasteiger partial charge in [0.25, 0.3) is 5.91 Å². The lowest BCUT2D eigenvalue weighted by atomic mass is 10.1. The first-order valence-electron chi connectivity index (χ1n) is 10.5. The molecule has 1 aromatic heterocycles. The van der Waals surface area contributed by atoms with Crippen LogP contribution in [0.4, 0.5) is 0 Å². The second kappa shape index (κ2) is 9.19. The van der Waals surface area contributed by atoms with Crippen molar-refractivity contribution in [2.75, 3.05) is 6.54 Å². The summed E-state index contributed by atoms with van der Waals surface area (Å²) in [5.74, 6) is 0.369. The van der Waals surface area contributed by atoms with E-state index in [2.05, 4.69) is 55.8 Å². The first kappa shape index (κ1) is 22.1. The Morgan fingerprint density at radius 1 is 1.13 bits per heavy atom. The summed E-state index contributed by atoms with van der Waals surface area (Å²) in [6.45, 7) is 7.68. The van der Waals surface area contributed by atoms with Crippen LogP contribution in [0.1, 0.15) is 37.5 Å². The average molecular weight is 469 g/mol. The standard InChI is InChI=1S/C25H25ClN2OS2/c1-4-17-9-7-10-20-19(12-22-24(29)28(13-16(2)3)25(30)31-22)15-27(23(17)20)14-18-8-5-6-11-21(18)26/h5-12,15-16H,4,13-14H2,1-3H3/b22-12-. The second-order valence-electron chi connectivity index (χ2n) is 8.16. The zero-order valence-electron chi connectivity index (χ0n) is 17.9. The van der Waals surface area contributed by atoms with E-state index >= 15 is 0 Å². The minimum atomic E-state index is 0.00218. The average Bonchev–Trinajstić information content (AvgIpc) is 3.22. The largest absolute Gasteiger partial charge is 0.342 e. The highest BCUT2D eigenvalue weighted by Gasteiger charge is 2.32. The van der Waals surface area contributed by atoms with Crippen LogP contribution >= 0.6 is 35.6 Å². The van der Waals surface area contributed by atoms with E-state index in [1.54, 1.807) is 4.90 Å². The van der Waals surface area contributed by atoms with Gasteiger partial charge in [-0.3, -0.25) is 9.69 Å². The fraction of sp³-hybridized carbons (Fsp3) is 0.280. The Morgan fingerprint density at radius 3 is 2.58 bits per heavy atom. The zero-order chi connectivity index (χ0) is 22.1. The second-order valence-corrected chi connectivity index (χ2v) is 10.2. The van der Waals surface area contributed by atoms with Gasteiger partial charge < -0.3 is 4.57 Å². The Kier molecular flexibility index (Phi) is 6.56. The first-order valence-corrected chi connectivity index (χ1v) is 12.1. The van der Waals surface area contributed by atoms with Gasteiger partial charge in [0.15, 0.2) is 0 Å². The maximum Gasteiger partial charge on any atom is 0.266 e. The van der Waals surface area contributed by atoms with Crippen molar-refractivity contribution in [1.29, 1.82) is 0 Å². The molecule has 6 heteroatoms. The van der Waals surface area contributed by atoms with E-state index in [-0.39, 0.29) is 5.91 Å². The van der Waals surface area contributed by atoms with Gasteiger partial charge in [-0.05, 0) is 35.6 Å². The molecule has 4 rings (SSSR count). The van der Waals surface area contributed by atoms with Gasteiger partial charge in [-0.1, -0.05) is 92.8 Å². The van der Waals surface area contributed by atoms with E-state index in [9.17, 15) is 4.79 Å². The monoisotopic (exact) mass is 468 g/mol. The molecule has 3 aromatic rings. The molecule has 1 fully saturated rings. The fourth-order valence-corrected chi connectivity index (χ4v) is 5.43. The van der Waals surface area contributed by atoms with Crippen LogP contribution in [0, 0.1) is 5.92 Å². The lowest BCUT2D eigenvalue weighted by Gasteiger charge is -2.16. The summed E-state index contributed by atoms with van der Waals surface area (Å²) in [7, 11) is 0. The van der Waals surface area contributed by atoms with Gasteiger partial charge >= 0.3 is 0 Å². The topological polar surface area (TPSA) is 25.2 Å². The molecule has 0 N–H and O–H groups in total. The number of hydrogen-bond donors (Lipinski definition) is 0. The van der Waals surface area contributed by atoms with Gasteiger partial charge in [0, 0.05) is 35.3 Å². The van der Waals surface area contributed by atoms with E-state index in [0.717, 1.165) is 28.0 Å². The van der Waals surface area contributed by atoms with Crippen molar-refractivity contribution < 1.29 is 4.79 Å². The van der Waals surface area contributed by atoms with Gasteiger partial charge in [-0.25, -0.2) is 0 Å². The van der Waals surface area contributed by atoms with Crippen LogP contribution in [0.2, 0.25) is 5.02 Å². The van der Waals surface area contributed by atoms with E-state index in [1.807, 2.05) is 24.3 Å². The highest BCUT2D eigenvalue weighted by Crippen LogP contribution is 2.35. The minimum Gasteiger partial charge on any atom is -0.342 e. The molecule has 0 aliphatic carbocycles. The van der Waals surface area contributed by atoms with E-state index in [4.69, 9.17) is 23.8 Å². The number of aromatic nitrogens is 1. The molecular formula is C25H25ClN2OS2. The van der Waals surface area contributed by atoms with Crippen LogP contribution in [0.5, 0.6) is 0 Å². The summed E-state index contributed by atoms with van der Waals surface area (Å²) < 4.78 is 2.88. The summed E-state index contributed by atoms with van der Waals surface area (Å²) in [6.07, 6.45) is 5.05. The third kappa shape index (κ3) is 4.45. The van der Waals surface area contributed by atoms with Gasteiger partial charge in [-0.2, -0.15) is 0 Å². The van der Waals surface area contributed by atoms with Crippen LogP contribution in [0.15, 0.2) is 53.6 Å². The van der Waals surface area contributed by atoms with Crippen molar-refractivity contribution in [3.05, 3.63) is 75.3 Å². The molecule has 3 nitrogen and oxygen atoms in total. The molecule has 160 valence electrons. The van der Waals surface area contributed by atoms with Crippen molar-refractivity contribution >= 4 is 62.8 Å². The first-order chi connectivity index (χ1) is 14.9. The number of halogens is 1. The molecule has 1 amide bonds. The number of para-hydroxylation sites is 1. The van der Waals surface area contributed by atoms with Gasteiger partial charge in [0.1, 0.15) is 4.32 Å².